The number of aryl methyl sites for hydroxylation is 1. The van der Waals surface area contributed by atoms with Gasteiger partial charge in [-0.05, 0) is 37.2 Å². The Morgan fingerprint density at radius 3 is 2.67 bits per heavy atom. The molecule has 13 heteroatoms. The fourth-order valence-electron chi connectivity index (χ4n) is 4.69. The number of aromatic nitrogens is 5. The number of sulfone groups is 1. The van der Waals surface area contributed by atoms with Gasteiger partial charge in [0.1, 0.15) is 28.3 Å². The monoisotopic (exact) mass is 590 g/mol. The van der Waals surface area contributed by atoms with Gasteiger partial charge in [-0.15, -0.1) is 0 Å². The van der Waals surface area contributed by atoms with E-state index in [0.29, 0.717) is 37.6 Å². The lowest BCUT2D eigenvalue weighted by molar-refractivity contribution is 0.147. The van der Waals surface area contributed by atoms with Crippen LogP contribution in [0.5, 0.6) is 0 Å². The first kappa shape index (κ1) is 29.0. The maximum atomic E-state index is 12.6. The van der Waals surface area contributed by atoms with Gasteiger partial charge in [0.05, 0.1) is 35.9 Å². The molecule has 0 atom stereocenters. The largest absolute Gasteiger partial charge is 0.448 e. The number of anilines is 3. The molecule has 0 aliphatic heterocycles. The van der Waals surface area contributed by atoms with E-state index in [0.717, 1.165) is 27.7 Å². The number of carbonyl (C=O) groups is 1. The molecule has 0 unspecified atom stereocenters. The van der Waals surface area contributed by atoms with Crippen LogP contribution in [0.3, 0.4) is 0 Å². The van der Waals surface area contributed by atoms with Crippen LogP contribution in [0.2, 0.25) is 0 Å². The zero-order valence-corrected chi connectivity index (χ0v) is 24.6. The minimum Gasteiger partial charge on any atom is -0.448 e. The smallest absolute Gasteiger partial charge is 0.411 e. The minimum atomic E-state index is -3.05. The Labute approximate surface area is 244 Å². The second-order valence-electron chi connectivity index (χ2n) is 10.2. The summed E-state index contributed by atoms with van der Waals surface area (Å²) >= 11 is 0. The zero-order valence-electron chi connectivity index (χ0n) is 23.8. The average Bonchev–Trinajstić information content (AvgIpc) is 3.52. The molecular formula is C29H34N8O4S. The summed E-state index contributed by atoms with van der Waals surface area (Å²) in [6.45, 7) is 3.58. The third-order valence-electron chi connectivity index (χ3n) is 6.90. The van der Waals surface area contributed by atoms with E-state index in [2.05, 4.69) is 37.9 Å². The van der Waals surface area contributed by atoms with E-state index in [1.807, 2.05) is 54.2 Å². The van der Waals surface area contributed by atoms with Gasteiger partial charge in [0.2, 0.25) is 0 Å². The minimum absolute atomic E-state index is 0.0516. The molecule has 1 amide bonds. The maximum Gasteiger partial charge on any atom is 0.411 e. The lowest BCUT2D eigenvalue weighted by Gasteiger charge is -2.16. The molecule has 0 bridgehead atoms. The molecule has 3 aromatic heterocycles. The normalized spacial score (nSPS) is 11.8. The molecule has 42 heavy (non-hydrogen) atoms. The number of fused-ring (bicyclic) bond motifs is 2. The summed E-state index contributed by atoms with van der Waals surface area (Å²) in [5.41, 5.74) is 5.24. The number of hydrogen-bond donors (Lipinski definition) is 2. The fraction of sp³-hybridized carbons (Fsp3) is 0.310. The van der Waals surface area contributed by atoms with Crippen molar-refractivity contribution in [1.82, 2.24) is 29.3 Å². The molecule has 0 aliphatic carbocycles. The Morgan fingerprint density at radius 2 is 1.90 bits per heavy atom. The van der Waals surface area contributed by atoms with E-state index in [9.17, 15) is 13.2 Å². The highest BCUT2D eigenvalue weighted by Gasteiger charge is 2.18. The van der Waals surface area contributed by atoms with Crippen molar-refractivity contribution in [2.75, 3.05) is 49.4 Å². The van der Waals surface area contributed by atoms with Gasteiger partial charge < -0.3 is 15.0 Å². The summed E-state index contributed by atoms with van der Waals surface area (Å²) in [6.07, 6.45) is 6.26. The number of nitrogens with zero attached hydrogens (tertiary/aromatic N) is 6. The van der Waals surface area contributed by atoms with Crippen LogP contribution >= 0.6 is 0 Å². The maximum absolute atomic E-state index is 12.6. The highest BCUT2D eigenvalue weighted by molar-refractivity contribution is 7.90. The molecule has 3 heterocycles. The topological polar surface area (TPSA) is 136 Å². The third kappa shape index (κ3) is 7.04. The van der Waals surface area contributed by atoms with Gasteiger partial charge in [-0.2, -0.15) is 10.2 Å². The van der Waals surface area contributed by atoms with E-state index in [1.165, 1.54) is 18.1 Å². The van der Waals surface area contributed by atoms with Crippen LogP contribution in [0.25, 0.3) is 16.4 Å². The van der Waals surface area contributed by atoms with Crippen LogP contribution in [-0.4, -0.2) is 82.5 Å². The summed E-state index contributed by atoms with van der Waals surface area (Å²) in [4.78, 5) is 18.9. The number of carbonyl (C=O) groups excluding carboxylic acids is 1. The number of amides is 1. The zero-order chi connectivity index (χ0) is 29.7. The van der Waals surface area contributed by atoms with Crippen LogP contribution < -0.4 is 10.6 Å². The predicted octanol–water partition coefficient (Wildman–Crippen LogP) is 3.96. The van der Waals surface area contributed by atoms with Crippen molar-refractivity contribution >= 4 is 49.5 Å². The van der Waals surface area contributed by atoms with E-state index in [1.54, 1.807) is 22.7 Å². The van der Waals surface area contributed by atoms with Crippen molar-refractivity contribution < 1.29 is 17.9 Å². The van der Waals surface area contributed by atoms with Gasteiger partial charge in [0.15, 0.2) is 5.82 Å². The molecule has 2 N–H and O–H groups in total. The number of likely N-dealkylation sites (N-methyl/N-ethyl adjacent to an activating group) is 1. The first-order chi connectivity index (χ1) is 20.2. The first-order valence-corrected chi connectivity index (χ1v) is 15.7. The lowest BCUT2D eigenvalue weighted by Crippen LogP contribution is -2.29. The molecule has 220 valence electrons. The summed E-state index contributed by atoms with van der Waals surface area (Å²) < 4.78 is 31.7. The molecule has 0 radical (unpaired) electrons. The molecule has 12 nitrogen and oxygen atoms in total. The first-order valence-electron chi connectivity index (χ1n) is 13.6. The Kier molecular flexibility index (Phi) is 8.69. The van der Waals surface area contributed by atoms with Gasteiger partial charge in [-0.25, -0.2) is 22.7 Å². The molecule has 0 spiro atoms. The average molecular weight is 591 g/mol. The molecule has 0 fully saturated rings. The summed E-state index contributed by atoms with van der Waals surface area (Å²) in [7, 11) is -1.27. The van der Waals surface area contributed by atoms with Crippen LogP contribution in [-0.2, 0) is 27.5 Å². The number of ether oxygens (including phenoxy) is 1. The predicted molar refractivity (Wildman–Crippen MR) is 163 cm³/mol. The number of hydrogen-bond acceptors (Lipinski definition) is 9. The summed E-state index contributed by atoms with van der Waals surface area (Å²) in [6, 6.07) is 16.3. The van der Waals surface area contributed by atoms with Gasteiger partial charge >= 0.3 is 6.09 Å². The molecule has 0 aliphatic rings. The van der Waals surface area contributed by atoms with Gasteiger partial charge in [0.25, 0.3) is 0 Å². The van der Waals surface area contributed by atoms with Gasteiger partial charge in [-0.3, -0.25) is 10.00 Å². The van der Waals surface area contributed by atoms with E-state index in [4.69, 9.17) is 4.74 Å². The molecule has 0 saturated heterocycles. The molecule has 0 saturated carbocycles. The van der Waals surface area contributed by atoms with E-state index < -0.39 is 15.9 Å². The van der Waals surface area contributed by atoms with Crippen molar-refractivity contribution in [2.45, 2.75) is 19.9 Å². The van der Waals surface area contributed by atoms with Crippen LogP contribution in [0, 0.1) is 0 Å². The fourth-order valence-corrected chi connectivity index (χ4v) is 5.33. The van der Waals surface area contributed by atoms with E-state index in [-0.39, 0.29) is 12.4 Å². The molecule has 5 rings (SSSR count). The van der Waals surface area contributed by atoms with Gasteiger partial charge in [-0.1, -0.05) is 37.3 Å². The second kappa shape index (κ2) is 12.6. The highest BCUT2D eigenvalue weighted by Crippen LogP contribution is 2.30. The standard InChI is InChI=1S/C29H34N8O4S/c1-4-24-25(34-29(38)41-14-12-35(2)13-15-42(3,39)40)19-37-27(24)28(30-20-32-37)33-23-10-11-26-22(16-23)17-31-36(26)18-21-8-6-5-7-9-21/h5-11,16-17,19-20H,4,12-15,18H2,1-3H3,(H,34,38)(H,30,32,33). The Morgan fingerprint density at radius 1 is 1.10 bits per heavy atom. The van der Waals surface area contributed by atoms with Crippen molar-refractivity contribution in [3.63, 3.8) is 0 Å². The quantitative estimate of drug-likeness (QED) is 0.221. The van der Waals surface area contributed by atoms with Gasteiger partial charge in [0, 0.05) is 36.0 Å². The third-order valence-corrected chi connectivity index (χ3v) is 7.82. The Balaban J connectivity index is 1.28. The SMILES string of the molecule is CCc1c(NC(=O)OCCN(C)CCS(C)(=O)=O)cn2ncnc(Nc3ccc4c(cnn4Cc4ccccc4)c3)c12. The molecular weight excluding hydrogens is 556 g/mol. The summed E-state index contributed by atoms with van der Waals surface area (Å²) in [5, 5.41) is 16.1. The molecule has 5 aromatic rings. The second-order valence-corrected chi connectivity index (χ2v) is 12.4. The Hall–Kier alpha value is -4.49. The van der Waals surface area contributed by atoms with Crippen molar-refractivity contribution in [3.8, 4) is 0 Å². The van der Waals surface area contributed by atoms with Crippen molar-refractivity contribution in [3.05, 3.63) is 78.4 Å². The highest BCUT2D eigenvalue weighted by atomic mass is 32.2. The lowest BCUT2D eigenvalue weighted by atomic mass is 10.2. The summed E-state index contributed by atoms with van der Waals surface area (Å²) in [5.74, 6) is 0.655. The Bertz CT molecular complexity index is 1800. The number of benzene rings is 2. The van der Waals surface area contributed by atoms with Crippen molar-refractivity contribution in [2.24, 2.45) is 0 Å². The van der Waals surface area contributed by atoms with Crippen LogP contribution in [0.15, 0.2) is 67.3 Å². The van der Waals surface area contributed by atoms with Crippen molar-refractivity contribution in [1.29, 1.82) is 0 Å². The molecule has 2 aromatic carbocycles. The van der Waals surface area contributed by atoms with Crippen LogP contribution in [0.1, 0.15) is 18.1 Å². The van der Waals surface area contributed by atoms with Crippen LogP contribution in [0.4, 0.5) is 22.0 Å². The number of nitrogens with one attached hydrogen (secondary N) is 2. The number of rotatable bonds is 12. The van der Waals surface area contributed by atoms with E-state index >= 15 is 0 Å².